The van der Waals surface area contributed by atoms with Gasteiger partial charge in [0.15, 0.2) is 5.78 Å². The van der Waals surface area contributed by atoms with Gasteiger partial charge in [0, 0.05) is 12.4 Å². The molecule has 1 aliphatic rings. The monoisotopic (exact) mass is 313 g/mol. The molecule has 0 saturated heterocycles. The Labute approximate surface area is 133 Å². The molecule has 7 nitrogen and oxygen atoms in total. The number of pyridine rings is 1. The lowest BCUT2D eigenvalue weighted by Gasteiger charge is -2.26. The molecule has 0 amide bonds. The molecule has 7 heteroatoms. The van der Waals surface area contributed by atoms with Crippen LogP contribution in [0.3, 0.4) is 0 Å². The highest BCUT2D eigenvalue weighted by Crippen LogP contribution is 2.39. The Morgan fingerprint density at radius 2 is 2.26 bits per heavy atom. The second-order valence-electron chi connectivity index (χ2n) is 4.73. The molecular formula is C16H15N3O4. The molecule has 0 spiro atoms. The predicted octanol–water partition coefficient (Wildman–Crippen LogP) is 1.30. The van der Waals surface area contributed by atoms with E-state index >= 15 is 0 Å². The van der Waals surface area contributed by atoms with E-state index in [1.54, 1.807) is 25.3 Å². The van der Waals surface area contributed by atoms with Gasteiger partial charge in [0.25, 0.3) is 0 Å². The van der Waals surface area contributed by atoms with E-state index in [1.165, 1.54) is 13.1 Å². The van der Waals surface area contributed by atoms with E-state index in [1.807, 2.05) is 6.07 Å². The van der Waals surface area contributed by atoms with E-state index in [-0.39, 0.29) is 29.4 Å². The summed E-state index contributed by atoms with van der Waals surface area (Å²) in [5, 5.41) is 9.38. The van der Waals surface area contributed by atoms with E-state index in [2.05, 4.69) is 4.98 Å². The zero-order valence-electron chi connectivity index (χ0n) is 12.7. The quantitative estimate of drug-likeness (QED) is 0.833. The van der Waals surface area contributed by atoms with Crippen LogP contribution in [-0.2, 0) is 19.1 Å². The summed E-state index contributed by atoms with van der Waals surface area (Å²) in [7, 11) is 0. The molecule has 0 fully saturated rings. The number of nitrogens with two attached hydrogens (primary N) is 1. The van der Waals surface area contributed by atoms with Gasteiger partial charge >= 0.3 is 5.97 Å². The number of ketones is 1. The van der Waals surface area contributed by atoms with Crippen molar-refractivity contribution in [2.75, 3.05) is 6.61 Å². The second kappa shape index (κ2) is 6.75. The van der Waals surface area contributed by atoms with Crippen LogP contribution in [0.5, 0.6) is 0 Å². The number of aromatic nitrogens is 1. The molecule has 1 aromatic heterocycles. The molecule has 118 valence electrons. The van der Waals surface area contributed by atoms with Crippen molar-refractivity contribution in [3.05, 3.63) is 52.9 Å². The Morgan fingerprint density at radius 3 is 2.78 bits per heavy atom. The fourth-order valence-electron chi connectivity index (χ4n) is 2.35. The van der Waals surface area contributed by atoms with Crippen LogP contribution in [0.4, 0.5) is 0 Å². The van der Waals surface area contributed by atoms with Crippen LogP contribution in [0.2, 0.25) is 0 Å². The summed E-state index contributed by atoms with van der Waals surface area (Å²) in [6.45, 7) is 3.04. The van der Waals surface area contributed by atoms with Crippen molar-refractivity contribution in [2.45, 2.75) is 19.8 Å². The van der Waals surface area contributed by atoms with E-state index in [4.69, 9.17) is 15.2 Å². The number of nitriles is 1. The second-order valence-corrected chi connectivity index (χ2v) is 4.73. The van der Waals surface area contributed by atoms with Crippen LogP contribution < -0.4 is 5.73 Å². The highest BCUT2D eigenvalue weighted by Gasteiger charge is 2.38. The summed E-state index contributed by atoms with van der Waals surface area (Å²) in [4.78, 5) is 28.2. The third kappa shape index (κ3) is 3.06. The molecular weight excluding hydrogens is 298 g/mol. The Balaban J connectivity index is 2.68. The number of Topliss-reactive ketones (excluding diaryl/α,β-unsaturated/α-hetero) is 1. The molecule has 1 atom stereocenters. The van der Waals surface area contributed by atoms with Gasteiger partial charge in [-0.15, -0.1) is 0 Å². The molecule has 0 aromatic carbocycles. The van der Waals surface area contributed by atoms with Crippen LogP contribution in [0.25, 0.3) is 0 Å². The summed E-state index contributed by atoms with van der Waals surface area (Å²) in [5.41, 5.74) is 6.40. The van der Waals surface area contributed by atoms with Gasteiger partial charge in [-0.2, -0.15) is 5.26 Å². The number of ether oxygens (including phenoxy) is 2. The number of rotatable bonds is 4. The van der Waals surface area contributed by atoms with E-state index < -0.39 is 17.7 Å². The third-order valence-corrected chi connectivity index (χ3v) is 3.28. The van der Waals surface area contributed by atoms with Crippen molar-refractivity contribution in [3.8, 4) is 6.07 Å². The number of allylic oxidation sites excluding steroid dienone is 2. The molecule has 2 N–H and O–H groups in total. The Bertz CT molecular complexity index is 744. The van der Waals surface area contributed by atoms with Crippen molar-refractivity contribution in [1.82, 2.24) is 4.98 Å². The molecule has 2 heterocycles. The topological polar surface area (TPSA) is 115 Å². The minimum Gasteiger partial charge on any atom is -0.460 e. The summed E-state index contributed by atoms with van der Waals surface area (Å²) in [5.74, 6) is -2.55. The zero-order valence-corrected chi connectivity index (χ0v) is 12.7. The molecule has 1 aromatic rings. The van der Waals surface area contributed by atoms with Crippen molar-refractivity contribution in [2.24, 2.45) is 5.73 Å². The first-order valence-corrected chi connectivity index (χ1v) is 6.91. The maximum Gasteiger partial charge on any atom is 0.374 e. The molecule has 0 saturated carbocycles. The van der Waals surface area contributed by atoms with Crippen molar-refractivity contribution >= 4 is 11.8 Å². The Hall–Kier alpha value is -3.14. The number of esters is 1. The zero-order chi connectivity index (χ0) is 17.0. The van der Waals surface area contributed by atoms with Gasteiger partial charge in [-0.05, 0) is 25.5 Å². The summed E-state index contributed by atoms with van der Waals surface area (Å²) in [6, 6.07) is 5.30. The molecule has 0 unspecified atom stereocenters. The lowest BCUT2D eigenvalue weighted by Crippen LogP contribution is -2.28. The molecule has 0 radical (unpaired) electrons. The van der Waals surface area contributed by atoms with Gasteiger partial charge in [0.1, 0.15) is 11.6 Å². The first-order chi connectivity index (χ1) is 11.0. The molecule has 0 bridgehead atoms. The number of hydrogen-bond acceptors (Lipinski definition) is 7. The largest absolute Gasteiger partial charge is 0.460 e. The van der Waals surface area contributed by atoms with E-state index in [9.17, 15) is 14.9 Å². The summed E-state index contributed by atoms with van der Waals surface area (Å²) < 4.78 is 10.1. The molecule has 23 heavy (non-hydrogen) atoms. The van der Waals surface area contributed by atoms with E-state index in [0.29, 0.717) is 5.56 Å². The van der Waals surface area contributed by atoms with E-state index in [0.717, 1.165) is 0 Å². The van der Waals surface area contributed by atoms with Crippen LogP contribution in [-0.4, -0.2) is 23.3 Å². The van der Waals surface area contributed by atoms with Crippen molar-refractivity contribution in [1.29, 1.82) is 5.26 Å². The number of hydrogen-bond donors (Lipinski definition) is 1. The highest BCUT2D eigenvalue weighted by atomic mass is 16.6. The smallest absolute Gasteiger partial charge is 0.374 e. The number of carbonyl (C=O) groups excluding carboxylic acids is 2. The fourth-order valence-corrected chi connectivity index (χ4v) is 2.35. The SMILES string of the molecule is CCOC(=O)C1=C(C(C)=O)[C@@H](c2cccnc2)C(C#N)=C(N)O1. The molecule has 1 aliphatic heterocycles. The minimum atomic E-state index is -0.820. The minimum absolute atomic E-state index is 0.0298. The lowest BCUT2D eigenvalue weighted by atomic mass is 9.82. The highest BCUT2D eigenvalue weighted by molar-refractivity contribution is 6.04. The molecule has 0 aliphatic carbocycles. The van der Waals surface area contributed by atoms with Crippen molar-refractivity contribution in [3.63, 3.8) is 0 Å². The maximum atomic E-state index is 12.1. The van der Waals surface area contributed by atoms with Crippen molar-refractivity contribution < 1.29 is 19.1 Å². The normalized spacial score (nSPS) is 17.3. The van der Waals surface area contributed by atoms with Crippen LogP contribution in [0.1, 0.15) is 25.3 Å². The van der Waals surface area contributed by atoms with Crippen LogP contribution in [0, 0.1) is 11.3 Å². The lowest BCUT2D eigenvalue weighted by molar-refractivity contribution is -0.142. The summed E-state index contributed by atoms with van der Waals surface area (Å²) in [6.07, 6.45) is 3.07. The van der Waals surface area contributed by atoms with Gasteiger partial charge in [-0.25, -0.2) is 4.79 Å². The first-order valence-electron chi connectivity index (χ1n) is 6.91. The number of carbonyl (C=O) groups is 2. The third-order valence-electron chi connectivity index (χ3n) is 3.28. The van der Waals surface area contributed by atoms with Gasteiger partial charge < -0.3 is 15.2 Å². The Morgan fingerprint density at radius 1 is 1.52 bits per heavy atom. The number of nitrogens with zero attached hydrogens (tertiary/aromatic N) is 2. The van der Waals surface area contributed by atoms with Gasteiger partial charge in [0.2, 0.25) is 11.6 Å². The molecule has 2 rings (SSSR count). The van der Waals surface area contributed by atoms with Crippen LogP contribution >= 0.6 is 0 Å². The Kier molecular flexibility index (Phi) is 4.76. The average molecular weight is 313 g/mol. The average Bonchev–Trinajstić information content (AvgIpc) is 2.54. The summed E-state index contributed by atoms with van der Waals surface area (Å²) >= 11 is 0. The standard InChI is InChI=1S/C16H15N3O4/c1-3-22-16(21)14-12(9(2)20)13(10-5-4-6-19-8-10)11(7-17)15(18)23-14/h4-6,8,13H,3,18H2,1-2H3/t13-/m0/s1. The van der Waals surface area contributed by atoms with Crippen LogP contribution in [0.15, 0.2) is 47.3 Å². The maximum absolute atomic E-state index is 12.1. The fraction of sp³-hybridized carbons (Fsp3) is 0.250. The predicted molar refractivity (Wildman–Crippen MR) is 79.2 cm³/mol. The van der Waals surface area contributed by atoms with Gasteiger partial charge in [0.05, 0.1) is 18.1 Å². The van der Waals surface area contributed by atoms with Gasteiger partial charge in [-0.1, -0.05) is 6.07 Å². The first kappa shape index (κ1) is 16.2. The van der Waals surface area contributed by atoms with Gasteiger partial charge in [-0.3, -0.25) is 9.78 Å².